The van der Waals surface area contributed by atoms with E-state index in [4.69, 9.17) is 5.11 Å². The lowest BCUT2D eigenvalue weighted by molar-refractivity contribution is -0.229. The number of carbonyl (C=O) groups excluding carboxylic acids is 1. The van der Waals surface area contributed by atoms with Gasteiger partial charge in [0.15, 0.2) is 5.78 Å². The summed E-state index contributed by atoms with van der Waals surface area (Å²) in [5.74, 6) is 0.427. The molecule has 5 nitrogen and oxygen atoms in total. The van der Waals surface area contributed by atoms with Gasteiger partial charge in [0, 0.05) is 18.3 Å². The molecule has 4 rings (SSSR count). The number of aliphatic hydroxyl groups is 2. The first-order valence-electron chi connectivity index (χ1n) is 11.7. The Morgan fingerprint density at radius 2 is 1.83 bits per heavy atom. The summed E-state index contributed by atoms with van der Waals surface area (Å²) in [5, 5.41) is 31.3. The van der Waals surface area contributed by atoms with Crippen molar-refractivity contribution in [3.63, 3.8) is 0 Å². The smallest absolute Gasteiger partial charge is 0.303 e. The standard InChI is InChI=1S/C24H38O5/c1-14(4-9-21(27)28)17-7-8-18-19-6-5-15-12-16(25)10-11-23(15,3)24(19,29)20(26)13-22(17,18)2/h14-19,25,29H,4-13H2,1-3H3,(H,27,28)/t14-,15-,16+,17-,18+,19+,22-,23+,24+/m1/s1. The lowest BCUT2D eigenvalue weighted by Crippen LogP contribution is -2.70. The van der Waals surface area contributed by atoms with Crippen molar-refractivity contribution in [3.05, 3.63) is 0 Å². The molecule has 0 radical (unpaired) electrons. The molecule has 0 amide bonds. The van der Waals surface area contributed by atoms with Crippen LogP contribution in [0.4, 0.5) is 0 Å². The highest BCUT2D eigenvalue weighted by molar-refractivity contribution is 5.90. The molecule has 4 aliphatic carbocycles. The van der Waals surface area contributed by atoms with E-state index in [0.29, 0.717) is 37.5 Å². The Morgan fingerprint density at radius 3 is 2.52 bits per heavy atom. The molecule has 0 heterocycles. The van der Waals surface area contributed by atoms with Crippen molar-refractivity contribution in [2.24, 2.45) is 40.4 Å². The molecule has 4 fully saturated rings. The quantitative estimate of drug-likeness (QED) is 0.660. The number of carboxylic acid groups (broad SMARTS) is 1. The maximum absolute atomic E-state index is 13.7. The van der Waals surface area contributed by atoms with Crippen LogP contribution in [0.3, 0.4) is 0 Å². The highest BCUT2D eigenvalue weighted by Crippen LogP contribution is 2.68. The Kier molecular flexibility index (Phi) is 5.18. The number of Topliss-reactive ketones (excluding diaryl/α,β-unsaturated/α-hetero) is 1. The SMILES string of the molecule is C[C@H](CCC(=O)O)[C@H]1CC[C@H]2[C@@H]3CC[C@@H]4C[C@@H](O)CC[C@]4(C)[C@@]3(O)C(=O)C[C@]12C. The van der Waals surface area contributed by atoms with Gasteiger partial charge in [-0.2, -0.15) is 0 Å². The van der Waals surface area contributed by atoms with Gasteiger partial charge in [-0.15, -0.1) is 0 Å². The van der Waals surface area contributed by atoms with Crippen LogP contribution in [0.15, 0.2) is 0 Å². The average molecular weight is 407 g/mol. The van der Waals surface area contributed by atoms with E-state index in [2.05, 4.69) is 20.8 Å². The molecule has 0 spiro atoms. The molecule has 164 valence electrons. The van der Waals surface area contributed by atoms with Crippen molar-refractivity contribution in [2.45, 2.75) is 96.7 Å². The molecule has 0 aromatic rings. The molecule has 4 saturated carbocycles. The summed E-state index contributed by atoms with van der Waals surface area (Å²) in [7, 11) is 0. The Hall–Kier alpha value is -0.940. The number of rotatable bonds is 4. The van der Waals surface area contributed by atoms with Crippen LogP contribution in [-0.4, -0.2) is 38.8 Å². The maximum atomic E-state index is 13.7. The summed E-state index contributed by atoms with van der Waals surface area (Å²) >= 11 is 0. The van der Waals surface area contributed by atoms with Crippen molar-refractivity contribution in [3.8, 4) is 0 Å². The first kappa shape index (κ1) is 21.3. The van der Waals surface area contributed by atoms with Crippen LogP contribution in [-0.2, 0) is 9.59 Å². The third-order valence-corrected chi connectivity index (χ3v) is 10.1. The van der Waals surface area contributed by atoms with Crippen LogP contribution < -0.4 is 0 Å². The number of aliphatic carboxylic acids is 1. The predicted molar refractivity (Wildman–Crippen MR) is 109 cm³/mol. The summed E-state index contributed by atoms with van der Waals surface area (Å²) in [6, 6.07) is 0. The lowest BCUT2D eigenvalue weighted by Gasteiger charge is -2.64. The fraction of sp³-hybridized carbons (Fsp3) is 0.917. The summed E-state index contributed by atoms with van der Waals surface area (Å²) in [6.07, 6.45) is 6.96. The molecule has 4 aliphatic rings. The highest BCUT2D eigenvalue weighted by atomic mass is 16.4. The van der Waals surface area contributed by atoms with E-state index >= 15 is 0 Å². The van der Waals surface area contributed by atoms with Gasteiger partial charge in [0.1, 0.15) is 5.60 Å². The molecule has 0 aromatic carbocycles. The zero-order valence-corrected chi connectivity index (χ0v) is 18.2. The molecular formula is C24H38O5. The lowest BCUT2D eigenvalue weighted by atomic mass is 9.41. The van der Waals surface area contributed by atoms with Crippen molar-refractivity contribution >= 4 is 11.8 Å². The fourth-order valence-corrected chi connectivity index (χ4v) is 8.53. The van der Waals surface area contributed by atoms with E-state index in [1.165, 1.54) is 0 Å². The van der Waals surface area contributed by atoms with Crippen LogP contribution >= 0.6 is 0 Å². The number of carboxylic acids is 1. The van der Waals surface area contributed by atoms with Gasteiger partial charge in [-0.25, -0.2) is 0 Å². The third kappa shape index (κ3) is 2.94. The van der Waals surface area contributed by atoms with Crippen molar-refractivity contribution in [1.29, 1.82) is 0 Å². The minimum atomic E-state index is -1.26. The van der Waals surface area contributed by atoms with Gasteiger partial charge in [-0.3, -0.25) is 9.59 Å². The second kappa shape index (κ2) is 7.05. The zero-order valence-electron chi connectivity index (χ0n) is 18.2. The molecule has 0 bridgehead atoms. The van der Waals surface area contributed by atoms with E-state index < -0.39 is 17.0 Å². The minimum absolute atomic E-state index is 0.00177. The van der Waals surface area contributed by atoms with Crippen molar-refractivity contribution < 1.29 is 24.9 Å². The average Bonchev–Trinajstić information content (AvgIpc) is 2.98. The monoisotopic (exact) mass is 406 g/mol. The Bertz CT molecular complexity index is 691. The molecule has 9 atom stereocenters. The predicted octanol–water partition coefficient (Wildman–Crippen LogP) is 3.80. The maximum Gasteiger partial charge on any atom is 0.303 e. The number of aliphatic hydroxyl groups excluding tert-OH is 1. The normalized spacial score (nSPS) is 50.4. The van der Waals surface area contributed by atoms with Gasteiger partial charge in [-0.1, -0.05) is 20.8 Å². The third-order valence-electron chi connectivity index (χ3n) is 10.1. The number of carbonyl (C=O) groups is 2. The van der Waals surface area contributed by atoms with E-state index in [-0.39, 0.29) is 41.5 Å². The number of ketones is 1. The number of hydrogen-bond acceptors (Lipinski definition) is 4. The van der Waals surface area contributed by atoms with E-state index in [1.54, 1.807) is 0 Å². The first-order valence-corrected chi connectivity index (χ1v) is 11.7. The van der Waals surface area contributed by atoms with E-state index in [9.17, 15) is 19.8 Å². The summed E-state index contributed by atoms with van der Waals surface area (Å²) < 4.78 is 0. The van der Waals surface area contributed by atoms with Crippen LogP contribution in [0.5, 0.6) is 0 Å². The van der Waals surface area contributed by atoms with E-state index in [0.717, 1.165) is 32.1 Å². The molecule has 3 N–H and O–H groups in total. The van der Waals surface area contributed by atoms with Gasteiger partial charge < -0.3 is 15.3 Å². The fourth-order valence-electron chi connectivity index (χ4n) is 8.53. The molecule has 0 aliphatic heterocycles. The number of fused-ring (bicyclic) bond motifs is 5. The van der Waals surface area contributed by atoms with Gasteiger partial charge >= 0.3 is 5.97 Å². The molecule has 0 unspecified atom stereocenters. The highest BCUT2D eigenvalue weighted by Gasteiger charge is 2.70. The van der Waals surface area contributed by atoms with Crippen molar-refractivity contribution in [1.82, 2.24) is 0 Å². The van der Waals surface area contributed by atoms with Gasteiger partial charge in [0.2, 0.25) is 0 Å². The molecular weight excluding hydrogens is 368 g/mol. The molecule has 0 aromatic heterocycles. The van der Waals surface area contributed by atoms with Crippen LogP contribution in [0.25, 0.3) is 0 Å². The zero-order chi connectivity index (χ0) is 21.2. The second-order valence-corrected chi connectivity index (χ2v) is 11.3. The summed E-state index contributed by atoms with van der Waals surface area (Å²) in [5.41, 5.74) is -1.83. The van der Waals surface area contributed by atoms with Gasteiger partial charge in [-0.05, 0) is 86.4 Å². The molecule has 0 saturated heterocycles. The minimum Gasteiger partial charge on any atom is -0.481 e. The Balaban J connectivity index is 1.63. The number of hydrogen-bond donors (Lipinski definition) is 3. The summed E-state index contributed by atoms with van der Waals surface area (Å²) in [4.78, 5) is 24.7. The second-order valence-electron chi connectivity index (χ2n) is 11.3. The molecule has 29 heavy (non-hydrogen) atoms. The molecule has 5 heteroatoms. The van der Waals surface area contributed by atoms with Gasteiger partial charge in [0.25, 0.3) is 0 Å². The van der Waals surface area contributed by atoms with Crippen LogP contribution in [0.1, 0.15) is 85.0 Å². The topological polar surface area (TPSA) is 94.8 Å². The van der Waals surface area contributed by atoms with Crippen LogP contribution in [0, 0.1) is 40.4 Å². The largest absolute Gasteiger partial charge is 0.481 e. The Morgan fingerprint density at radius 1 is 1.14 bits per heavy atom. The van der Waals surface area contributed by atoms with Crippen molar-refractivity contribution in [2.75, 3.05) is 0 Å². The first-order chi connectivity index (χ1) is 13.5. The van der Waals surface area contributed by atoms with Crippen LogP contribution in [0.2, 0.25) is 0 Å². The summed E-state index contributed by atoms with van der Waals surface area (Å²) in [6.45, 7) is 6.49. The Labute approximate surface area is 174 Å². The van der Waals surface area contributed by atoms with Gasteiger partial charge in [0.05, 0.1) is 6.10 Å². The van der Waals surface area contributed by atoms with E-state index in [1.807, 2.05) is 0 Å².